The van der Waals surface area contributed by atoms with Gasteiger partial charge in [0, 0.05) is 36.6 Å². The Morgan fingerprint density at radius 2 is 1.65 bits per heavy atom. The van der Waals surface area contributed by atoms with Crippen LogP contribution in [0.4, 0.5) is 0 Å². The highest BCUT2D eigenvalue weighted by Gasteiger charge is 2.37. The number of aromatic nitrogens is 2. The third kappa shape index (κ3) is 7.43. The van der Waals surface area contributed by atoms with E-state index in [0.29, 0.717) is 5.04 Å². The molecular formula is C26H45N2O2Si. The Labute approximate surface area is 192 Å². The lowest BCUT2D eigenvalue weighted by Gasteiger charge is -2.38. The molecule has 0 amide bonds. The molecule has 2 heterocycles. The normalized spacial score (nSPS) is 12.3. The Balaban J connectivity index is 1.91. The van der Waals surface area contributed by atoms with E-state index in [0.717, 1.165) is 42.6 Å². The van der Waals surface area contributed by atoms with Gasteiger partial charge in [0.1, 0.15) is 0 Å². The molecule has 5 heteroatoms. The maximum absolute atomic E-state index is 9.74. The van der Waals surface area contributed by atoms with Gasteiger partial charge in [0.15, 0.2) is 0 Å². The minimum Gasteiger partial charge on any atom is -0.416 e. The van der Waals surface area contributed by atoms with E-state index < -0.39 is 9.04 Å². The maximum Gasteiger partial charge on any atom is 0.214 e. The van der Waals surface area contributed by atoms with Crippen LogP contribution in [0.3, 0.4) is 0 Å². The minimum atomic E-state index is -0.840. The molecule has 0 bridgehead atoms. The molecule has 0 aliphatic carbocycles. The third-order valence-corrected chi connectivity index (χ3v) is 9.70. The van der Waals surface area contributed by atoms with Crippen LogP contribution >= 0.6 is 0 Å². The van der Waals surface area contributed by atoms with Crippen LogP contribution in [0, 0.1) is 0 Å². The zero-order chi connectivity index (χ0) is 22.5. The molecule has 2 aromatic heterocycles. The van der Waals surface area contributed by atoms with Crippen LogP contribution in [0.1, 0.15) is 97.1 Å². The fraction of sp³-hybridized carbons (Fsp3) is 0.731. The summed E-state index contributed by atoms with van der Waals surface area (Å²) in [6.07, 6.45) is 17.7. The fourth-order valence-electron chi connectivity index (χ4n) is 4.76. The largest absolute Gasteiger partial charge is 0.416 e. The highest BCUT2D eigenvalue weighted by atomic mass is 28.3. The second-order valence-electron chi connectivity index (χ2n) is 9.08. The van der Waals surface area contributed by atoms with Crippen molar-refractivity contribution in [1.82, 2.24) is 9.55 Å². The Morgan fingerprint density at radius 1 is 1.00 bits per heavy atom. The summed E-state index contributed by atoms with van der Waals surface area (Å²) in [6, 6.07) is 4.09. The monoisotopic (exact) mass is 445 g/mol. The van der Waals surface area contributed by atoms with Crippen molar-refractivity contribution in [2.45, 2.75) is 116 Å². The number of aryl methyl sites for hydroxylation is 1. The zero-order valence-corrected chi connectivity index (χ0v) is 21.5. The number of aliphatic hydroxyl groups is 1. The molecule has 0 atom stereocenters. The predicted molar refractivity (Wildman–Crippen MR) is 134 cm³/mol. The van der Waals surface area contributed by atoms with E-state index in [4.69, 9.17) is 4.43 Å². The van der Waals surface area contributed by atoms with Gasteiger partial charge in [-0.2, -0.15) is 0 Å². The Kier molecular flexibility index (Phi) is 11.8. The molecule has 2 aromatic rings. The molecule has 31 heavy (non-hydrogen) atoms. The summed E-state index contributed by atoms with van der Waals surface area (Å²) in [7, 11) is -0.840. The first-order valence-corrected chi connectivity index (χ1v) is 14.5. The summed E-state index contributed by atoms with van der Waals surface area (Å²) in [4.78, 5) is 4.21. The quantitative estimate of drug-likeness (QED) is 0.206. The van der Waals surface area contributed by atoms with Crippen molar-refractivity contribution in [2.75, 3.05) is 6.61 Å². The lowest BCUT2D eigenvalue weighted by Crippen LogP contribution is -2.34. The predicted octanol–water partition coefficient (Wildman–Crippen LogP) is 7.26. The van der Waals surface area contributed by atoms with Gasteiger partial charge in [-0.25, -0.2) is 0 Å². The number of aliphatic hydroxyl groups excluding tert-OH is 1. The number of nitrogens with zero attached hydrogens (tertiary/aromatic N) is 2. The van der Waals surface area contributed by atoms with Crippen LogP contribution in [0.2, 0.25) is 11.6 Å². The van der Waals surface area contributed by atoms with Gasteiger partial charge in [0.25, 0.3) is 0 Å². The fourth-order valence-corrected chi connectivity index (χ4v) is 7.11. The van der Waals surface area contributed by atoms with Gasteiger partial charge in [-0.1, -0.05) is 59.3 Å². The Bertz CT molecular complexity index is 724. The molecule has 4 nitrogen and oxygen atoms in total. The Morgan fingerprint density at radius 3 is 2.23 bits per heavy atom. The van der Waals surface area contributed by atoms with E-state index in [1.807, 2.05) is 18.5 Å². The molecule has 0 spiro atoms. The smallest absolute Gasteiger partial charge is 0.214 e. The second-order valence-corrected chi connectivity index (χ2v) is 11.5. The standard InChI is InChI=1S/C26H45N2O2Si/c1-5-8-14-26(15-9-6-2,16-10-7-3)31(4)30-19-12-11-18-28-24(22-29)20-23-21-27-17-13-25(23)28/h13,17,20-21,29H,5-12,14-16,18-19,22H2,1-4H3. The number of hydrogen-bond acceptors (Lipinski definition) is 3. The molecule has 0 unspecified atom stereocenters. The third-order valence-electron chi connectivity index (χ3n) is 6.82. The average Bonchev–Trinajstić information content (AvgIpc) is 3.16. The van der Waals surface area contributed by atoms with Crippen molar-refractivity contribution in [3.63, 3.8) is 0 Å². The van der Waals surface area contributed by atoms with E-state index in [-0.39, 0.29) is 6.61 Å². The van der Waals surface area contributed by atoms with Crippen molar-refractivity contribution in [2.24, 2.45) is 0 Å². The highest BCUT2D eigenvalue weighted by molar-refractivity contribution is 6.54. The molecule has 1 radical (unpaired) electrons. The van der Waals surface area contributed by atoms with Crippen molar-refractivity contribution in [3.05, 3.63) is 30.2 Å². The highest BCUT2D eigenvalue weighted by Crippen LogP contribution is 2.46. The van der Waals surface area contributed by atoms with Gasteiger partial charge < -0.3 is 14.1 Å². The van der Waals surface area contributed by atoms with E-state index >= 15 is 0 Å². The summed E-state index contributed by atoms with van der Waals surface area (Å²) in [6.45, 7) is 11.2. The SMILES string of the molecule is CCCCC(CCCC)(CCCC)[Si](C)OCCCCn1c(CO)cc2cnccc21. The average molecular weight is 446 g/mol. The molecule has 0 saturated carbocycles. The number of pyridine rings is 1. The van der Waals surface area contributed by atoms with E-state index in [1.54, 1.807) is 0 Å². The van der Waals surface area contributed by atoms with Crippen molar-refractivity contribution in [3.8, 4) is 0 Å². The number of unbranched alkanes of at least 4 members (excludes halogenated alkanes) is 4. The molecule has 2 rings (SSSR count). The van der Waals surface area contributed by atoms with Crippen molar-refractivity contribution in [1.29, 1.82) is 0 Å². The summed E-state index contributed by atoms with van der Waals surface area (Å²) in [5, 5.41) is 11.3. The van der Waals surface area contributed by atoms with Crippen LogP contribution < -0.4 is 0 Å². The summed E-state index contributed by atoms with van der Waals surface area (Å²) >= 11 is 0. The van der Waals surface area contributed by atoms with Crippen LogP contribution in [0.15, 0.2) is 24.5 Å². The van der Waals surface area contributed by atoms with Crippen LogP contribution in [0.5, 0.6) is 0 Å². The molecular weight excluding hydrogens is 400 g/mol. The molecule has 175 valence electrons. The van der Waals surface area contributed by atoms with Crippen LogP contribution in [-0.4, -0.2) is 30.3 Å². The minimum absolute atomic E-state index is 0.0715. The van der Waals surface area contributed by atoms with E-state index in [2.05, 4.69) is 42.9 Å². The molecule has 0 fully saturated rings. The summed E-state index contributed by atoms with van der Waals surface area (Å²) < 4.78 is 8.83. The van der Waals surface area contributed by atoms with Gasteiger partial charge >= 0.3 is 0 Å². The van der Waals surface area contributed by atoms with Gasteiger partial charge in [-0.05, 0) is 55.8 Å². The summed E-state index contributed by atoms with van der Waals surface area (Å²) in [5.74, 6) is 0. The molecule has 0 aliphatic rings. The maximum atomic E-state index is 9.74. The van der Waals surface area contributed by atoms with Gasteiger partial charge in [0.2, 0.25) is 9.04 Å². The second kappa shape index (κ2) is 14.1. The zero-order valence-electron chi connectivity index (χ0n) is 20.5. The van der Waals surface area contributed by atoms with Gasteiger partial charge in [-0.3, -0.25) is 4.98 Å². The Hall–Kier alpha value is -1.17. The van der Waals surface area contributed by atoms with Crippen molar-refractivity contribution >= 4 is 19.9 Å². The van der Waals surface area contributed by atoms with Gasteiger partial charge in [-0.15, -0.1) is 0 Å². The lowest BCUT2D eigenvalue weighted by atomic mass is 9.89. The van der Waals surface area contributed by atoms with E-state index in [9.17, 15) is 5.11 Å². The van der Waals surface area contributed by atoms with Crippen molar-refractivity contribution < 1.29 is 9.53 Å². The number of fused-ring (bicyclic) bond motifs is 1. The first kappa shape index (κ1) is 26.1. The first-order chi connectivity index (χ1) is 15.1. The summed E-state index contributed by atoms with van der Waals surface area (Å²) in [5.41, 5.74) is 2.14. The molecule has 0 aromatic carbocycles. The molecule has 1 N–H and O–H groups in total. The molecule has 0 saturated heterocycles. The first-order valence-electron chi connectivity index (χ1n) is 12.6. The van der Waals surface area contributed by atoms with E-state index in [1.165, 1.54) is 57.8 Å². The lowest BCUT2D eigenvalue weighted by molar-refractivity contribution is 0.258. The topological polar surface area (TPSA) is 47.3 Å². The number of hydrogen-bond donors (Lipinski definition) is 1. The van der Waals surface area contributed by atoms with Crippen LogP contribution in [-0.2, 0) is 17.6 Å². The molecule has 0 aliphatic heterocycles. The van der Waals surface area contributed by atoms with Gasteiger partial charge in [0.05, 0.1) is 12.1 Å². The number of rotatable bonds is 17. The van der Waals surface area contributed by atoms with Crippen LogP contribution in [0.25, 0.3) is 10.9 Å².